The Labute approximate surface area is 214 Å². The second-order valence-corrected chi connectivity index (χ2v) is 12.2. The van der Waals surface area contributed by atoms with Gasteiger partial charge in [-0.15, -0.1) is 10.2 Å². The number of rotatable bonds is 6. The standard InChI is InChI=1S/C24H28N8O2S2/c1-16-29-30-24(35-16)21-14-25-22(18-7-4-6-17(12-18)19-13-26-31(2)15-19)28-23(21)27-20-8-5-10-32(11-9-20)36(3,33)34/h4,6-7,12-15,20H,5,8-11H2,1-3H3,(H,25,27,28). The zero-order chi connectivity index (χ0) is 25.3. The fourth-order valence-electron chi connectivity index (χ4n) is 4.34. The molecule has 0 saturated carbocycles. The van der Waals surface area contributed by atoms with E-state index in [4.69, 9.17) is 4.98 Å². The molecular weight excluding hydrogens is 496 g/mol. The molecule has 12 heteroatoms. The van der Waals surface area contributed by atoms with Gasteiger partial charge in [-0.2, -0.15) is 5.10 Å². The van der Waals surface area contributed by atoms with Crippen molar-refractivity contribution < 1.29 is 8.42 Å². The highest BCUT2D eigenvalue weighted by molar-refractivity contribution is 7.88. The van der Waals surface area contributed by atoms with Crippen LogP contribution in [0.15, 0.2) is 42.9 Å². The van der Waals surface area contributed by atoms with Crippen LogP contribution >= 0.6 is 11.3 Å². The smallest absolute Gasteiger partial charge is 0.211 e. The van der Waals surface area contributed by atoms with Crippen LogP contribution in [-0.4, -0.2) is 68.1 Å². The van der Waals surface area contributed by atoms with Crippen LogP contribution in [0.2, 0.25) is 0 Å². The maximum absolute atomic E-state index is 12.0. The van der Waals surface area contributed by atoms with E-state index >= 15 is 0 Å². The summed E-state index contributed by atoms with van der Waals surface area (Å²) in [6.07, 6.45) is 9.18. The Morgan fingerprint density at radius 1 is 1.08 bits per heavy atom. The van der Waals surface area contributed by atoms with E-state index in [0.29, 0.717) is 31.2 Å². The molecule has 0 radical (unpaired) electrons. The summed E-state index contributed by atoms with van der Waals surface area (Å²) in [7, 11) is -1.31. The molecule has 0 spiro atoms. The molecule has 1 fully saturated rings. The van der Waals surface area contributed by atoms with E-state index in [1.165, 1.54) is 17.6 Å². The molecule has 188 valence electrons. The van der Waals surface area contributed by atoms with Crippen LogP contribution in [-0.2, 0) is 17.1 Å². The number of sulfonamides is 1. The van der Waals surface area contributed by atoms with E-state index in [0.717, 1.165) is 45.1 Å². The molecule has 3 aromatic heterocycles. The van der Waals surface area contributed by atoms with Crippen LogP contribution in [0, 0.1) is 6.92 Å². The first-order chi connectivity index (χ1) is 17.3. The summed E-state index contributed by atoms with van der Waals surface area (Å²) < 4.78 is 27.4. The van der Waals surface area contributed by atoms with Crippen molar-refractivity contribution in [2.75, 3.05) is 24.7 Å². The number of aromatic nitrogens is 6. The van der Waals surface area contributed by atoms with Crippen molar-refractivity contribution in [3.05, 3.63) is 47.9 Å². The lowest BCUT2D eigenvalue weighted by atomic mass is 10.1. The molecule has 36 heavy (non-hydrogen) atoms. The summed E-state index contributed by atoms with van der Waals surface area (Å²) in [4.78, 5) is 9.60. The van der Waals surface area contributed by atoms with Gasteiger partial charge in [0, 0.05) is 49.7 Å². The molecule has 10 nitrogen and oxygen atoms in total. The van der Waals surface area contributed by atoms with Gasteiger partial charge in [0.15, 0.2) is 10.8 Å². The van der Waals surface area contributed by atoms with Crippen LogP contribution in [0.4, 0.5) is 5.82 Å². The topological polar surface area (TPSA) is 119 Å². The molecular formula is C24H28N8O2S2. The lowest BCUT2D eigenvalue weighted by Gasteiger charge is -2.20. The summed E-state index contributed by atoms with van der Waals surface area (Å²) in [6, 6.07) is 8.15. The fraction of sp³-hybridized carbons (Fsp3) is 0.375. The van der Waals surface area contributed by atoms with Gasteiger partial charge in [0.25, 0.3) is 0 Å². The average Bonchev–Trinajstić information content (AvgIpc) is 3.40. The number of aryl methyl sites for hydroxylation is 2. The highest BCUT2D eigenvalue weighted by Crippen LogP contribution is 2.32. The molecule has 4 heterocycles. The number of nitrogens with zero attached hydrogens (tertiary/aromatic N) is 7. The third-order valence-electron chi connectivity index (χ3n) is 6.20. The SMILES string of the molecule is Cc1nnc(-c2cnc(-c3cccc(-c4cnn(C)c4)c3)nc2NC2CCCN(S(C)(=O)=O)CC2)s1. The van der Waals surface area contributed by atoms with Crippen molar-refractivity contribution in [1.29, 1.82) is 0 Å². The Morgan fingerprint density at radius 2 is 1.92 bits per heavy atom. The third-order valence-corrected chi connectivity index (χ3v) is 8.38. The Kier molecular flexibility index (Phi) is 6.82. The van der Waals surface area contributed by atoms with E-state index in [9.17, 15) is 8.42 Å². The average molecular weight is 525 g/mol. The summed E-state index contributed by atoms with van der Waals surface area (Å²) >= 11 is 1.49. The second kappa shape index (κ2) is 10.0. The molecule has 1 unspecified atom stereocenters. The highest BCUT2D eigenvalue weighted by atomic mass is 32.2. The van der Waals surface area contributed by atoms with Crippen LogP contribution < -0.4 is 5.32 Å². The van der Waals surface area contributed by atoms with Gasteiger partial charge in [-0.3, -0.25) is 4.68 Å². The first-order valence-electron chi connectivity index (χ1n) is 11.7. The molecule has 1 aliphatic heterocycles. The van der Waals surface area contributed by atoms with Crippen molar-refractivity contribution in [3.63, 3.8) is 0 Å². The Balaban J connectivity index is 1.48. The number of nitrogens with one attached hydrogen (secondary N) is 1. The second-order valence-electron chi connectivity index (χ2n) is 9.00. The predicted octanol–water partition coefficient (Wildman–Crippen LogP) is 3.60. The highest BCUT2D eigenvalue weighted by Gasteiger charge is 2.24. The largest absolute Gasteiger partial charge is 0.367 e. The summed E-state index contributed by atoms with van der Waals surface area (Å²) in [5.74, 6) is 1.28. The van der Waals surface area contributed by atoms with Gasteiger partial charge < -0.3 is 5.32 Å². The molecule has 5 rings (SSSR count). The number of hydrogen-bond donors (Lipinski definition) is 1. The van der Waals surface area contributed by atoms with E-state index in [2.05, 4.69) is 31.7 Å². The molecule has 1 saturated heterocycles. The van der Waals surface area contributed by atoms with Crippen LogP contribution in [0.25, 0.3) is 33.1 Å². The molecule has 4 aromatic rings. The molecule has 0 aliphatic carbocycles. The fourth-order valence-corrected chi connectivity index (χ4v) is 5.94. The lowest BCUT2D eigenvalue weighted by molar-refractivity contribution is 0.427. The van der Waals surface area contributed by atoms with E-state index in [1.807, 2.05) is 44.6 Å². The van der Waals surface area contributed by atoms with Gasteiger partial charge in [0.2, 0.25) is 10.0 Å². The molecule has 1 N–H and O–H groups in total. The third kappa shape index (κ3) is 5.45. The molecule has 0 amide bonds. The van der Waals surface area contributed by atoms with Crippen molar-refractivity contribution >= 4 is 27.2 Å². The maximum Gasteiger partial charge on any atom is 0.211 e. The Bertz CT molecular complexity index is 1480. The van der Waals surface area contributed by atoms with Crippen molar-refractivity contribution in [2.24, 2.45) is 7.05 Å². The minimum Gasteiger partial charge on any atom is -0.367 e. The normalized spacial score (nSPS) is 17.1. The zero-order valence-corrected chi connectivity index (χ0v) is 22.1. The molecule has 0 bridgehead atoms. The van der Waals surface area contributed by atoms with Gasteiger partial charge in [0.1, 0.15) is 10.8 Å². The molecule has 1 atom stereocenters. The van der Waals surface area contributed by atoms with Crippen molar-refractivity contribution in [3.8, 4) is 33.1 Å². The quantitative estimate of drug-likeness (QED) is 0.406. The predicted molar refractivity (Wildman–Crippen MR) is 141 cm³/mol. The van der Waals surface area contributed by atoms with Gasteiger partial charge >= 0.3 is 0 Å². The Hall–Kier alpha value is -3.22. The zero-order valence-electron chi connectivity index (χ0n) is 20.4. The van der Waals surface area contributed by atoms with Crippen LogP contribution in [0.3, 0.4) is 0 Å². The van der Waals surface area contributed by atoms with Crippen LogP contribution in [0.5, 0.6) is 0 Å². The first kappa shape index (κ1) is 24.5. The first-order valence-corrected chi connectivity index (χ1v) is 14.4. The van der Waals surface area contributed by atoms with Gasteiger partial charge in [-0.05, 0) is 37.8 Å². The van der Waals surface area contributed by atoms with Gasteiger partial charge in [-0.1, -0.05) is 29.5 Å². The Morgan fingerprint density at radius 3 is 2.64 bits per heavy atom. The van der Waals surface area contributed by atoms with Crippen LogP contribution in [0.1, 0.15) is 24.3 Å². The molecule has 1 aromatic carbocycles. The number of benzene rings is 1. The number of hydrogen-bond acceptors (Lipinski definition) is 9. The van der Waals surface area contributed by atoms with Crippen molar-refractivity contribution in [2.45, 2.75) is 32.2 Å². The van der Waals surface area contributed by atoms with E-state index in [1.54, 1.807) is 15.2 Å². The van der Waals surface area contributed by atoms with E-state index < -0.39 is 10.0 Å². The molecule has 1 aliphatic rings. The monoisotopic (exact) mass is 524 g/mol. The van der Waals surface area contributed by atoms with Gasteiger partial charge in [-0.25, -0.2) is 22.7 Å². The summed E-state index contributed by atoms with van der Waals surface area (Å²) in [5, 5.41) is 17.9. The van der Waals surface area contributed by atoms with E-state index in [-0.39, 0.29) is 6.04 Å². The maximum atomic E-state index is 12.0. The summed E-state index contributed by atoms with van der Waals surface area (Å²) in [5.41, 5.74) is 3.74. The summed E-state index contributed by atoms with van der Waals surface area (Å²) in [6.45, 7) is 2.93. The van der Waals surface area contributed by atoms with Crippen molar-refractivity contribution in [1.82, 2.24) is 34.3 Å². The minimum absolute atomic E-state index is 0.0778. The minimum atomic E-state index is -3.20. The lowest BCUT2D eigenvalue weighted by Crippen LogP contribution is -2.31. The number of anilines is 1. The van der Waals surface area contributed by atoms with Gasteiger partial charge in [0.05, 0.1) is 18.0 Å².